The number of rotatable bonds is 4. The second-order valence-corrected chi connectivity index (χ2v) is 5.56. The van der Waals surface area contributed by atoms with Crippen molar-refractivity contribution in [2.24, 2.45) is 5.92 Å². The predicted molar refractivity (Wildman–Crippen MR) is 68.9 cm³/mol. The second-order valence-electron chi connectivity index (χ2n) is 4.54. The number of carbonyl (C=O) groups is 1. The van der Waals surface area contributed by atoms with Crippen molar-refractivity contribution < 1.29 is 18.7 Å². The van der Waals surface area contributed by atoms with Gasteiger partial charge < -0.3 is 10.0 Å². The van der Waals surface area contributed by atoms with Crippen LogP contribution in [0.15, 0.2) is 23.1 Å². The zero-order valence-corrected chi connectivity index (χ0v) is 11.1. The Morgan fingerprint density at radius 1 is 1.47 bits per heavy atom. The van der Waals surface area contributed by atoms with Crippen LogP contribution in [0.3, 0.4) is 0 Å². The maximum Gasteiger partial charge on any atom is 0.232 e. The number of nitrogens with zero attached hydrogens (tertiary/aromatic N) is 1. The molecular formula is C13H15F2NO2S. The lowest BCUT2D eigenvalue weighted by molar-refractivity contribution is -0.127. The van der Waals surface area contributed by atoms with Gasteiger partial charge in [0.2, 0.25) is 5.91 Å². The van der Waals surface area contributed by atoms with Gasteiger partial charge in [-0.15, -0.1) is 11.8 Å². The van der Waals surface area contributed by atoms with Crippen LogP contribution in [0.5, 0.6) is 0 Å². The van der Waals surface area contributed by atoms with Crippen molar-refractivity contribution in [1.82, 2.24) is 4.90 Å². The molecular weight excluding hydrogens is 272 g/mol. The highest BCUT2D eigenvalue weighted by Gasteiger charge is 2.25. The molecule has 1 aromatic rings. The Kier molecular flexibility index (Phi) is 4.76. The number of amides is 1. The van der Waals surface area contributed by atoms with Gasteiger partial charge in [0.05, 0.1) is 5.75 Å². The lowest BCUT2D eigenvalue weighted by Gasteiger charge is -2.15. The van der Waals surface area contributed by atoms with Crippen LogP contribution in [0.1, 0.15) is 6.42 Å². The van der Waals surface area contributed by atoms with Crippen LogP contribution in [0.2, 0.25) is 0 Å². The zero-order chi connectivity index (χ0) is 13.8. The van der Waals surface area contributed by atoms with E-state index < -0.39 is 11.6 Å². The van der Waals surface area contributed by atoms with Gasteiger partial charge in [0.15, 0.2) is 0 Å². The molecule has 1 aliphatic rings. The van der Waals surface area contributed by atoms with Crippen molar-refractivity contribution in [1.29, 1.82) is 0 Å². The molecule has 0 aromatic heterocycles. The number of likely N-dealkylation sites (tertiary alicyclic amines) is 1. The Bertz CT molecular complexity index is 470. The first kappa shape index (κ1) is 14.3. The van der Waals surface area contributed by atoms with E-state index in [2.05, 4.69) is 0 Å². The molecule has 1 saturated heterocycles. The summed E-state index contributed by atoms with van der Waals surface area (Å²) < 4.78 is 26.1. The van der Waals surface area contributed by atoms with Gasteiger partial charge in [-0.2, -0.15) is 0 Å². The average molecular weight is 287 g/mol. The van der Waals surface area contributed by atoms with Gasteiger partial charge >= 0.3 is 0 Å². The number of hydrogen-bond donors (Lipinski definition) is 1. The minimum Gasteiger partial charge on any atom is -0.396 e. The lowest BCUT2D eigenvalue weighted by Crippen LogP contribution is -2.30. The lowest BCUT2D eigenvalue weighted by atomic mass is 10.1. The Balaban J connectivity index is 1.87. The third-order valence-electron chi connectivity index (χ3n) is 3.14. The SMILES string of the molecule is O=C(CSc1ccc(F)cc1F)N1CCC(CO)C1. The number of thioether (sulfide) groups is 1. The largest absolute Gasteiger partial charge is 0.396 e. The first-order valence-corrected chi connectivity index (χ1v) is 7.05. The summed E-state index contributed by atoms with van der Waals surface area (Å²) in [5.74, 6) is -1.08. The molecule has 2 rings (SSSR count). The van der Waals surface area contributed by atoms with Gasteiger partial charge in [-0.05, 0) is 18.6 Å². The highest BCUT2D eigenvalue weighted by atomic mass is 32.2. The van der Waals surface area contributed by atoms with E-state index in [1.807, 2.05) is 0 Å². The third kappa shape index (κ3) is 3.67. The van der Waals surface area contributed by atoms with Crippen LogP contribution in [0.4, 0.5) is 8.78 Å². The highest BCUT2D eigenvalue weighted by molar-refractivity contribution is 8.00. The molecule has 1 unspecified atom stereocenters. The van der Waals surface area contributed by atoms with E-state index in [-0.39, 0.29) is 29.1 Å². The van der Waals surface area contributed by atoms with Crippen molar-refractivity contribution in [3.05, 3.63) is 29.8 Å². The van der Waals surface area contributed by atoms with Gasteiger partial charge in [0, 0.05) is 36.6 Å². The molecule has 0 bridgehead atoms. The molecule has 0 saturated carbocycles. The first-order chi connectivity index (χ1) is 9.10. The highest BCUT2D eigenvalue weighted by Crippen LogP contribution is 2.24. The standard InChI is InChI=1S/C13H15F2NO2S/c14-10-1-2-12(11(15)5-10)19-8-13(18)16-4-3-9(6-16)7-17/h1-2,5,9,17H,3-4,6-8H2. The van der Waals surface area contributed by atoms with Crippen molar-refractivity contribution in [2.45, 2.75) is 11.3 Å². The number of halogens is 2. The fourth-order valence-electron chi connectivity index (χ4n) is 2.03. The van der Waals surface area contributed by atoms with Crippen molar-refractivity contribution in [3.8, 4) is 0 Å². The molecule has 1 N–H and O–H groups in total. The van der Waals surface area contributed by atoms with Crippen molar-refractivity contribution in [2.75, 3.05) is 25.4 Å². The summed E-state index contributed by atoms with van der Waals surface area (Å²) in [5.41, 5.74) is 0. The summed E-state index contributed by atoms with van der Waals surface area (Å²) in [7, 11) is 0. The summed E-state index contributed by atoms with van der Waals surface area (Å²) in [6.45, 7) is 1.28. The minimum absolute atomic E-state index is 0.0790. The van der Waals surface area contributed by atoms with E-state index in [1.165, 1.54) is 12.1 Å². The van der Waals surface area contributed by atoms with E-state index in [9.17, 15) is 13.6 Å². The number of aliphatic hydroxyl groups excluding tert-OH is 1. The molecule has 19 heavy (non-hydrogen) atoms. The molecule has 1 aromatic carbocycles. The molecule has 1 fully saturated rings. The predicted octanol–water partition coefficient (Wildman–Crippen LogP) is 1.90. The van der Waals surface area contributed by atoms with E-state index in [0.717, 1.165) is 24.2 Å². The van der Waals surface area contributed by atoms with Crippen molar-refractivity contribution >= 4 is 17.7 Å². The number of carbonyl (C=O) groups excluding carboxylic acids is 1. The topological polar surface area (TPSA) is 40.5 Å². The Morgan fingerprint density at radius 2 is 2.26 bits per heavy atom. The number of aliphatic hydroxyl groups is 1. The third-order valence-corrected chi connectivity index (χ3v) is 4.18. The van der Waals surface area contributed by atoms with Crippen LogP contribution >= 0.6 is 11.8 Å². The van der Waals surface area contributed by atoms with E-state index in [1.54, 1.807) is 4.90 Å². The fraction of sp³-hybridized carbons (Fsp3) is 0.462. The normalized spacial score (nSPS) is 18.9. The van der Waals surface area contributed by atoms with Gasteiger partial charge in [-0.25, -0.2) is 8.78 Å². The second kappa shape index (κ2) is 6.34. The van der Waals surface area contributed by atoms with Gasteiger partial charge in [0.1, 0.15) is 11.6 Å². The number of hydrogen-bond acceptors (Lipinski definition) is 3. The maximum absolute atomic E-state index is 13.4. The molecule has 1 aliphatic heterocycles. The molecule has 1 amide bonds. The van der Waals surface area contributed by atoms with Crippen LogP contribution in [0.25, 0.3) is 0 Å². The molecule has 0 aliphatic carbocycles. The van der Waals surface area contributed by atoms with Crippen LogP contribution in [-0.4, -0.2) is 41.4 Å². The van der Waals surface area contributed by atoms with Crippen LogP contribution in [0, 0.1) is 17.6 Å². The van der Waals surface area contributed by atoms with Crippen LogP contribution < -0.4 is 0 Å². The Labute approximate surface area is 114 Å². The number of benzene rings is 1. The van der Waals surface area contributed by atoms with E-state index >= 15 is 0 Å². The molecule has 1 heterocycles. The first-order valence-electron chi connectivity index (χ1n) is 6.06. The van der Waals surface area contributed by atoms with Gasteiger partial charge in [-0.3, -0.25) is 4.79 Å². The van der Waals surface area contributed by atoms with E-state index in [4.69, 9.17) is 5.11 Å². The Hall–Kier alpha value is -1.14. The summed E-state index contributed by atoms with van der Waals surface area (Å²) >= 11 is 1.06. The Morgan fingerprint density at radius 3 is 2.89 bits per heavy atom. The summed E-state index contributed by atoms with van der Waals surface area (Å²) in [4.78, 5) is 13.8. The average Bonchev–Trinajstić information content (AvgIpc) is 2.86. The fourth-order valence-corrected chi connectivity index (χ4v) is 2.85. The zero-order valence-electron chi connectivity index (χ0n) is 10.3. The quantitative estimate of drug-likeness (QED) is 0.860. The molecule has 104 valence electrons. The smallest absolute Gasteiger partial charge is 0.232 e. The monoisotopic (exact) mass is 287 g/mol. The minimum atomic E-state index is -0.646. The molecule has 1 atom stereocenters. The molecule has 0 spiro atoms. The molecule has 0 radical (unpaired) electrons. The maximum atomic E-state index is 13.4. The molecule has 3 nitrogen and oxygen atoms in total. The van der Waals surface area contributed by atoms with Gasteiger partial charge in [0.25, 0.3) is 0 Å². The summed E-state index contributed by atoms with van der Waals surface area (Å²) in [5, 5.41) is 9.01. The molecule has 6 heteroatoms. The van der Waals surface area contributed by atoms with Crippen LogP contribution in [-0.2, 0) is 4.79 Å². The summed E-state index contributed by atoms with van der Waals surface area (Å²) in [6.07, 6.45) is 0.803. The van der Waals surface area contributed by atoms with Gasteiger partial charge in [-0.1, -0.05) is 0 Å². The van der Waals surface area contributed by atoms with Crippen molar-refractivity contribution in [3.63, 3.8) is 0 Å². The summed E-state index contributed by atoms with van der Waals surface area (Å²) in [6, 6.07) is 3.32. The van der Waals surface area contributed by atoms with E-state index in [0.29, 0.717) is 13.1 Å².